The van der Waals surface area contributed by atoms with Crippen molar-refractivity contribution in [2.45, 2.75) is 31.2 Å². The van der Waals surface area contributed by atoms with Gasteiger partial charge in [-0.25, -0.2) is 13.1 Å². The molecule has 1 amide bonds. The SMILES string of the molecule is CC(C)(C)NS(=O)(=O)c1cc(C(N)=O)ccc1Br. The second kappa shape index (κ2) is 4.99. The van der Waals surface area contributed by atoms with Crippen LogP contribution in [-0.2, 0) is 10.0 Å². The largest absolute Gasteiger partial charge is 0.366 e. The highest BCUT2D eigenvalue weighted by atomic mass is 79.9. The summed E-state index contributed by atoms with van der Waals surface area (Å²) in [5.74, 6) is -0.672. The Bertz CT molecular complexity index is 576. The summed E-state index contributed by atoms with van der Waals surface area (Å²) in [6.07, 6.45) is 0. The molecular formula is C11H15BrN2O3S. The van der Waals surface area contributed by atoms with E-state index in [1.807, 2.05) is 0 Å². The van der Waals surface area contributed by atoms with E-state index in [9.17, 15) is 13.2 Å². The van der Waals surface area contributed by atoms with Gasteiger partial charge >= 0.3 is 0 Å². The van der Waals surface area contributed by atoms with Gasteiger partial charge in [0.05, 0.1) is 4.90 Å². The molecule has 1 aromatic carbocycles. The Morgan fingerprint density at radius 2 is 1.89 bits per heavy atom. The summed E-state index contributed by atoms with van der Waals surface area (Å²) in [6, 6.07) is 4.19. The fourth-order valence-corrected chi connectivity index (χ4v) is 3.73. The van der Waals surface area contributed by atoms with E-state index in [-0.39, 0.29) is 10.5 Å². The van der Waals surface area contributed by atoms with Crippen molar-refractivity contribution >= 4 is 31.9 Å². The molecule has 0 saturated carbocycles. The molecule has 0 spiro atoms. The van der Waals surface area contributed by atoms with Crippen molar-refractivity contribution in [2.75, 3.05) is 0 Å². The Labute approximate surface area is 115 Å². The van der Waals surface area contributed by atoms with E-state index < -0.39 is 21.5 Å². The standard InChI is InChI=1S/C11H15BrN2O3S/c1-11(2,3)14-18(16,17)9-6-7(10(13)15)4-5-8(9)12/h4-6,14H,1-3H3,(H2,13,15). The summed E-state index contributed by atoms with van der Waals surface area (Å²) in [5.41, 5.74) is 4.67. The lowest BCUT2D eigenvalue weighted by molar-refractivity contribution is 0.1000. The predicted octanol–water partition coefficient (Wildman–Crippen LogP) is 1.62. The topological polar surface area (TPSA) is 89.3 Å². The lowest BCUT2D eigenvalue weighted by Crippen LogP contribution is -2.40. The van der Waals surface area contributed by atoms with Crippen molar-refractivity contribution in [1.29, 1.82) is 0 Å². The summed E-state index contributed by atoms with van der Waals surface area (Å²) in [5, 5.41) is 0. The molecule has 0 unspecified atom stereocenters. The smallest absolute Gasteiger partial charge is 0.248 e. The maximum atomic E-state index is 12.2. The fourth-order valence-electron chi connectivity index (χ4n) is 1.32. The van der Waals surface area contributed by atoms with Crippen molar-refractivity contribution in [3.05, 3.63) is 28.2 Å². The van der Waals surface area contributed by atoms with E-state index in [0.29, 0.717) is 4.47 Å². The molecule has 1 aromatic rings. The van der Waals surface area contributed by atoms with E-state index in [1.165, 1.54) is 18.2 Å². The van der Waals surface area contributed by atoms with Crippen LogP contribution in [0.25, 0.3) is 0 Å². The van der Waals surface area contributed by atoms with Crippen molar-refractivity contribution in [2.24, 2.45) is 5.73 Å². The first-order valence-electron chi connectivity index (χ1n) is 5.16. The first-order chi connectivity index (χ1) is 8.03. The summed E-state index contributed by atoms with van der Waals surface area (Å²) >= 11 is 3.15. The highest BCUT2D eigenvalue weighted by Crippen LogP contribution is 2.24. The number of nitrogens with two attached hydrogens (primary N) is 1. The molecule has 0 radical (unpaired) electrons. The zero-order valence-corrected chi connectivity index (χ0v) is 12.7. The molecule has 18 heavy (non-hydrogen) atoms. The molecule has 0 saturated heterocycles. The number of sulfonamides is 1. The number of hydrogen-bond donors (Lipinski definition) is 2. The number of rotatable bonds is 3. The maximum Gasteiger partial charge on any atom is 0.248 e. The molecule has 0 aliphatic heterocycles. The van der Waals surface area contributed by atoms with Gasteiger partial charge in [-0.3, -0.25) is 4.79 Å². The van der Waals surface area contributed by atoms with Gasteiger partial charge in [0.15, 0.2) is 0 Å². The zero-order chi connectivity index (χ0) is 14.1. The molecule has 0 fully saturated rings. The number of hydrogen-bond acceptors (Lipinski definition) is 3. The van der Waals surface area contributed by atoms with E-state index in [0.717, 1.165) is 0 Å². The highest BCUT2D eigenvalue weighted by Gasteiger charge is 2.24. The summed E-state index contributed by atoms with van der Waals surface area (Å²) in [4.78, 5) is 11.1. The molecule has 0 aliphatic carbocycles. The zero-order valence-electron chi connectivity index (χ0n) is 10.3. The molecule has 1 rings (SSSR count). The van der Waals surface area contributed by atoms with Gasteiger partial charge in [-0.05, 0) is 54.9 Å². The normalized spacial score (nSPS) is 12.4. The third kappa shape index (κ3) is 3.79. The predicted molar refractivity (Wildman–Crippen MR) is 72.7 cm³/mol. The Balaban J connectivity index is 3.32. The van der Waals surface area contributed by atoms with Crippen LogP contribution in [0.4, 0.5) is 0 Å². The summed E-state index contributed by atoms with van der Waals surface area (Å²) in [7, 11) is -3.71. The van der Waals surface area contributed by atoms with E-state index in [1.54, 1.807) is 20.8 Å². The quantitative estimate of drug-likeness (QED) is 0.880. The van der Waals surface area contributed by atoms with E-state index >= 15 is 0 Å². The minimum absolute atomic E-state index is 0.00581. The Kier molecular flexibility index (Phi) is 4.19. The first kappa shape index (κ1) is 15.1. The maximum absolute atomic E-state index is 12.2. The second-order valence-electron chi connectivity index (χ2n) is 4.86. The van der Waals surface area contributed by atoms with Crippen LogP contribution < -0.4 is 10.5 Å². The van der Waals surface area contributed by atoms with E-state index in [2.05, 4.69) is 20.7 Å². The van der Waals surface area contributed by atoms with Gasteiger partial charge in [-0.15, -0.1) is 0 Å². The minimum atomic E-state index is -3.71. The Hall–Kier alpha value is -0.920. The number of primary amides is 1. The van der Waals surface area contributed by atoms with Crippen LogP contribution in [0, 0.1) is 0 Å². The van der Waals surface area contributed by atoms with Crippen LogP contribution in [0.3, 0.4) is 0 Å². The van der Waals surface area contributed by atoms with Crippen molar-refractivity contribution in [1.82, 2.24) is 4.72 Å². The average Bonchev–Trinajstić information content (AvgIpc) is 2.13. The number of nitrogens with one attached hydrogen (secondary N) is 1. The first-order valence-corrected chi connectivity index (χ1v) is 7.44. The van der Waals surface area contributed by atoms with Gasteiger partial charge in [0.1, 0.15) is 0 Å². The molecule has 7 heteroatoms. The second-order valence-corrected chi connectivity index (χ2v) is 7.37. The van der Waals surface area contributed by atoms with E-state index in [4.69, 9.17) is 5.73 Å². The molecule has 100 valence electrons. The van der Waals surface area contributed by atoms with Gasteiger partial charge in [0, 0.05) is 15.6 Å². The van der Waals surface area contributed by atoms with Crippen molar-refractivity contribution in [3.8, 4) is 0 Å². The molecule has 0 heterocycles. The molecular weight excluding hydrogens is 320 g/mol. The van der Waals surface area contributed by atoms with Crippen LogP contribution in [0.5, 0.6) is 0 Å². The summed E-state index contributed by atoms with van der Waals surface area (Å²) < 4.78 is 27.2. The van der Waals surface area contributed by atoms with Gasteiger partial charge in [0.2, 0.25) is 15.9 Å². The molecule has 3 N–H and O–H groups in total. The number of halogens is 1. The fraction of sp³-hybridized carbons (Fsp3) is 0.364. The van der Waals surface area contributed by atoms with Gasteiger partial charge in [-0.1, -0.05) is 0 Å². The van der Waals surface area contributed by atoms with Crippen LogP contribution >= 0.6 is 15.9 Å². The van der Waals surface area contributed by atoms with Crippen molar-refractivity contribution < 1.29 is 13.2 Å². The third-order valence-electron chi connectivity index (χ3n) is 1.95. The molecule has 0 bridgehead atoms. The lowest BCUT2D eigenvalue weighted by atomic mass is 10.1. The number of carbonyl (C=O) groups excluding carboxylic acids is 1. The minimum Gasteiger partial charge on any atom is -0.366 e. The molecule has 0 aliphatic rings. The Morgan fingerprint density at radius 3 is 2.33 bits per heavy atom. The molecule has 5 nitrogen and oxygen atoms in total. The third-order valence-corrected chi connectivity index (χ3v) is 4.70. The van der Waals surface area contributed by atoms with Crippen LogP contribution in [0.1, 0.15) is 31.1 Å². The average molecular weight is 335 g/mol. The molecule has 0 atom stereocenters. The van der Waals surface area contributed by atoms with Crippen LogP contribution in [0.2, 0.25) is 0 Å². The number of carbonyl (C=O) groups is 1. The van der Waals surface area contributed by atoms with Gasteiger partial charge < -0.3 is 5.73 Å². The number of amides is 1. The van der Waals surface area contributed by atoms with Crippen LogP contribution in [-0.4, -0.2) is 19.9 Å². The molecule has 0 aromatic heterocycles. The highest BCUT2D eigenvalue weighted by molar-refractivity contribution is 9.10. The van der Waals surface area contributed by atoms with Gasteiger partial charge in [-0.2, -0.15) is 0 Å². The number of benzene rings is 1. The summed E-state index contributed by atoms with van der Waals surface area (Å²) in [6.45, 7) is 5.20. The van der Waals surface area contributed by atoms with Crippen molar-refractivity contribution in [3.63, 3.8) is 0 Å². The Morgan fingerprint density at radius 1 is 1.33 bits per heavy atom. The monoisotopic (exact) mass is 334 g/mol. The van der Waals surface area contributed by atoms with Crippen LogP contribution in [0.15, 0.2) is 27.6 Å². The lowest BCUT2D eigenvalue weighted by Gasteiger charge is -2.21. The van der Waals surface area contributed by atoms with Gasteiger partial charge in [0.25, 0.3) is 0 Å².